The van der Waals surface area contributed by atoms with Gasteiger partial charge in [-0.2, -0.15) is 0 Å². The fourth-order valence-electron chi connectivity index (χ4n) is 4.48. The van der Waals surface area contributed by atoms with E-state index in [1.807, 2.05) is 24.3 Å². The maximum Gasteiger partial charge on any atom is 0.336 e. The van der Waals surface area contributed by atoms with E-state index in [1.54, 1.807) is 0 Å². The van der Waals surface area contributed by atoms with Gasteiger partial charge in [-0.25, -0.2) is 9.78 Å². The first kappa shape index (κ1) is 20.3. The maximum atomic E-state index is 12.4. The van der Waals surface area contributed by atoms with Crippen LogP contribution in [0.1, 0.15) is 65.5 Å². The number of aromatic nitrogens is 1. The van der Waals surface area contributed by atoms with Crippen molar-refractivity contribution in [3.8, 4) is 0 Å². The van der Waals surface area contributed by atoms with E-state index in [2.05, 4.69) is 58.9 Å². The van der Waals surface area contributed by atoms with Crippen molar-refractivity contribution in [3.05, 3.63) is 76.0 Å². The van der Waals surface area contributed by atoms with E-state index < -0.39 is 5.97 Å². The van der Waals surface area contributed by atoms with Gasteiger partial charge < -0.3 is 5.11 Å². The van der Waals surface area contributed by atoms with Gasteiger partial charge in [0.1, 0.15) is 0 Å². The summed E-state index contributed by atoms with van der Waals surface area (Å²) < 4.78 is 0. The van der Waals surface area contributed by atoms with Crippen LogP contribution in [0.15, 0.2) is 42.5 Å². The van der Waals surface area contributed by atoms with Crippen molar-refractivity contribution in [1.29, 1.82) is 0 Å². The third-order valence-electron chi connectivity index (χ3n) is 6.42. The maximum absolute atomic E-state index is 12.4. The number of fused-ring (bicyclic) bond motifs is 2. The number of carboxylic acids is 1. The molecule has 4 rings (SSSR count). The number of rotatable bonds is 2. The molecule has 0 aliphatic heterocycles. The van der Waals surface area contributed by atoms with Crippen molar-refractivity contribution in [2.75, 3.05) is 0 Å². The Morgan fingerprint density at radius 3 is 2.53 bits per heavy atom. The molecule has 0 spiro atoms. The number of carbonyl (C=O) groups is 1. The summed E-state index contributed by atoms with van der Waals surface area (Å²) >= 11 is 0. The Bertz CT molecular complexity index is 1180. The Labute approximate surface area is 178 Å². The van der Waals surface area contributed by atoms with Crippen LogP contribution in [-0.4, -0.2) is 16.1 Å². The van der Waals surface area contributed by atoms with Crippen LogP contribution >= 0.6 is 0 Å². The van der Waals surface area contributed by atoms with Crippen LogP contribution in [0.2, 0.25) is 0 Å². The average molecular weight is 400 g/mol. The second kappa shape index (κ2) is 7.39. The molecule has 0 bridgehead atoms. The SMILES string of the molecule is Cc1ccc(C)c(/C=C2\CC(C(C)(C)C)Cc3c2nc2ccccc2c3C(=O)O)c1. The molecule has 2 aromatic carbocycles. The Morgan fingerprint density at radius 1 is 1.10 bits per heavy atom. The standard InChI is InChI=1S/C27H29NO2/c1-16-10-11-17(2)18(12-16)13-19-14-20(27(3,4)5)15-22-24(26(29)30)21-8-6-7-9-23(21)28-25(19)22/h6-13,20H,14-15H2,1-5H3,(H,29,30)/b19-13+. The third kappa shape index (κ3) is 3.65. The molecule has 1 aliphatic carbocycles. The molecule has 0 saturated carbocycles. The van der Waals surface area contributed by atoms with Crippen LogP contribution in [0.3, 0.4) is 0 Å². The zero-order chi connectivity index (χ0) is 21.6. The quantitative estimate of drug-likeness (QED) is 0.522. The number of aromatic carboxylic acids is 1. The second-order valence-electron chi connectivity index (χ2n) is 9.64. The Hall–Kier alpha value is -2.94. The van der Waals surface area contributed by atoms with Gasteiger partial charge in [-0.15, -0.1) is 0 Å². The highest BCUT2D eigenvalue weighted by atomic mass is 16.4. The van der Waals surface area contributed by atoms with Gasteiger partial charge in [0, 0.05) is 5.39 Å². The van der Waals surface area contributed by atoms with Gasteiger partial charge in [-0.3, -0.25) is 0 Å². The van der Waals surface area contributed by atoms with E-state index >= 15 is 0 Å². The van der Waals surface area contributed by atoms with Gasteiger partial charge in [0.05, 0.1) is 16.8 Å². The number of aryl methyl sites for hydroxylation is 2. The summed E-state index contributed by atoms with van der Waals surface area (Å²) in [6, 6.07) is 14.1. The number of allylic oxidation sites excluding steroid dienone is 1. The molecular weight excluding hydrogens is 370 g/mol. The van der Waals surface area contributed by atoms with Gasteiger partial charge in [0.25, 0.3) is 0 Å². The van der Waals surface area contributed by atoms with E-state index in [-0.39, 0.29) is 5.41 Å². The van der Waals surface area contributed by atoms with E-state index in [1.165, 1.54) is 16.7 Å². The van der Waals surface area contributed by atoms with Crippen molar-refractivity contribution in [1.82, 2.24) is 4.98 Å². The molecule has 1 unspecified atom stereocenters. The monoisotopic (exact) mass is 399 g/mol. The second-order valence-corrected chi connectivity index (χ2v) is 9.64. The molecule has 30 heavy (non-hydrogen) atoms. The summed E-state index contributed by atoms with van der Waals surface area (Å²) in [6.45, 7) is 10.9. The summed E-state index contributed by atoms with van der Waals surface area (Å²) in [6.07, 6.45) is 3.86. The largest absolute Gasteiger partial charge is 0.478 e. The number of para-hydroxylation sites is 1. The van der Waals surface area contributed by atoms with Gasteiger partial charge in [-0.1, -0.05) is 62.7 Å². The van der Waals surface area contributed by atoms with Crippen LogP contribution in [0.5, 0.6) is 0 Å². The summed E-state index contributed by atoms with van der Waals surface area (Å²) in [4.78, 5) is 17.3. The predicted octanol–water partition coefficient (Wildman–Crippen LogP) is 6.70. The van der Waals surface area contributed by atoms with E-state index in [4.69, 9.17) is 4.98 Å². The molecule has 0 amide bonds. The highest BCUT2D eigenvalue weighted by Gasteiger charge is 2.35. The smallest absolute Gasteiger partial charge is 0.336 e. The summed E-state index contributed by atoms with van der Waals surface area (Å²) in [5.41, 5.74) is 7.71. The van der Waals surface area contributed by atoms with Crippen LogP contribution < -0.4 is 0 Å². The fourth-order valence-corrected chi connectivity index (χ4v) is 4.48. The lowest BCUT2D eigenvalue weighted by Gasteiger charge is -2.36. The lowest BCUT2D eigenvalue weighted by molar-refractivity contribution is 0.0696. The van der Waals surface area contributed by atoms with Crippen LogP contribution in [0.25, 0.3) is 22.6 Å². The minimum atomic E-state index is -0.870. The summed E-state index contributed by atoms with van der Waals surface area (Å²) in [5, 5.41) is 10.9. The van der Waals surface area contributed by atoms with E-state index in [9.17, 15) is 9.90 Å². The minimum Gasteiger partial charge on any atom is -0.478 e. The Kier molecular flexibility index (Phi) is 5.01. The molecule has 1 aliphatic rings. The molecule has 0 fully saturated rings. The topological polar surface area (TPSA) is 50.2 Å². The van der Waals surface area contributed by atoms with Crippen LogP contribution in [0.4, 0.5) is 0 Å². The zero-order valence-electron chi connectivity index (χ0n) is 18.4. The number of carboxylic acid groups (broad SMARTS) is 1. The van der Waals surface area contributed by atoms with Crippen molar-refractivity contribution in [3.63, 3.8) is 0 Å². The highest BCUT2D eigenvalue weighted by Crippen LogP contribution is 2.44. The molecule has 154 valence electrons. The van der Waals surface area contributed by atoms with Gasteiger partial charge in [0.15, 0.2) is 0 Å². The van der Waals surface area contributed by atoms with Gasteiger partial charge in [0.2, 0.25) is 0 Å². The number of benzene rings is 2. The van der Waals surface area contributed by atoms with E-state index in [0.717, 1.165) is 40.6 Å². The summed E-state index contributed by atoms with van der Waals surface area (Å²) in [5.74, 6) is -0.520. The first-order valence-electron chi connectivity index (χ1n) is 10.6. The van der Waals surface area contributed by atoms with E-state index in [0.29, 0.717) is 11.5 Å². The minimum absolute atomic E-state index is 0.0693. The Balaban J connectivity index is 2.03. The molecular formula is C27H29NO2. The fraction of sp³-hybridized carbons (Fsp3) is 0.333. The molecule has 1 aromatic heterocycles. The molecule has 0 radical (unpaired) electrons. The number of pyridine rings is 1. The number of hydrogen-bond acceptors (Lipinski definition) is 2. The molecule has 1 N–H and O–H groups in total. The molecule has 0 saturated heterocycles. The number of hydrogen-bond donors (Lipinski definition) is 1. The van der Waals surface area contributed by atoms with Crippen molar-refractivity contribution in [2.45, 2.75) is 47.5 Å². The summed E-state index contributed by atoms with van der Waals surface area (Å²) in [7, 11) is 0. The van der Waals surface area contributed by atoms with Crippen LogP contribution in [-0.2, 0) is 6.42 Å². The molecule has 3 aromatic rings. The highest BCUT2D eigenvalue weighted by molar-refractivity contribution is 6.06. The molecule has 1 atom stereocenters. The first-order valence-corrected chi connectivity index (χ1v) is 10.6. The Morgan fingerprint density at radius 2 is 1.83 bits per heavy atom. The average Bonchev–Trinajstić information content (AvgIpc) is 2.68. The van der Waals surface area contributed by atoms with Crippen molar-refractivity contribution in [2.24, 2.45) is 11.3 Å². The third-order valence-corrected chi connectivity index (χ3v) is 6.42. The normalized spacial score (nSPS) is 17.9. The predicted molar refractivity (Wildman–Crippen MR) is 124 cm³/mol. The van der Waals surface area contributed by atoms with Crippen LogP contribution in [0, 0.1) is 25.2 Å². The van der Waals surface area contributed by atoms with Gasteiger partial charge >= 0.3 is 5.97 Å². The molecule has 3 nitrogen and oxygen atoms in total. The number of nitrogens with zero attached hydrogens (tertiary/aromatic N) is 1. The molecule has 3 heteroatoms. The zero-order valence-corrected chi connectivity index (χ0v) is 18.4. The lowest BCUT2D eigenvalue weighted by Crippen LogP contribution is -2.28. The van der Waals surface area contributed by atoms with Crippen molar-refractivity contribution >= 4 is 28.5 Å². The van der Waals surface area contributed by atoms with Gasteiger partial charge in [-0.05, 0) is 72.4 Å². The lowest BCUT2D eigenvalue weighted by atomic mass is 9.69. The first-order chi connectivity index (χ1) is 14.1. The van der Waals surface area contributed by atoms with Crippen molar-refractivity contribution < 1.29 is 9.90 Å². The molecule has 1 heterocycles.